The molecule has 17 heavy (non-hydrogen) atoms. The first-order chi connectivity index (χ1) is 8.18. The molecule has 5 nitrogen and oxygen atoms in total. The van der Waals surface area contributed by atoms with Crippen molar-refractivity contribution in [2.24, 2.45) is 0 Å². The van der Waals surface area contributed by atoms with Gasteiger partial charge >= 0.3 is 5.97 Å². The van der Waals surface area contributed by atoms with Crippen LogP contribution in [0.1, 0.15) is 16.1 Å². The summed E-state index contributed by atoms with van der Waals surface area (Å²) in [7, 11) is 0. The Hall–Kier alpha value is -1.95. The van der Waals surface area contributed by atoms with Crippen molar-refractivity contribution >= 4 is 23.4 Å². The Bertz CT molecular complexity index is 526. The molecule has 2 rings (SSSR count). The number of nitrogen functional groups attached to an aromatic ring is 1. The lowest BCUT2D eigenvalue weighted by Gasteiger charge is -2.05. The minimum atomic E-state index is -1.05. The van der Waals surface area contributed by atoms with Crippen molar-refractivity contribution < 1.29 is 14.3 Å². The summed E-state index contributed by atoms with van der Waals surface area (Å²) in [5.74, 6) is 0.300. The molecule has 0 fully saturated rings. The zero-order valence-electron chi connectivity index (χ0n) is 8.79. The average Bonchev–Trinajstić information content (AvgIpc) is 2.80. The van der Waals surface area contributed by atoms with Crippen LogP contribution in [0.15, 0.2) is 40.1 Å². The lowest BCUT2D eigenvalue weighted by molar-refractivity contribution is 0.0697. The van der Waals surface area contributed by atoms with E-state index in [1.54, 1.807) is 12.3 Å². The summed E-state index contributed by atoms with van der Waals surface area (Å²) < 4.78 is 5.17. The number of furan rings is 1. The summed E-state index contributed by atoms with van der Waals surface area (Å²) in [6.45, 7) is 0. The number of thioether (sulfide) groups is 1. The molecule has 2 aromatic rings. The largest absolute Gasteiger partial charge is 0.478 e. The van der Waals surface area contributed by atoms with E-state index in [4.69, 9.17) is 15.3 Å². The van der Waals surface area contributed by atoms with Crippen LogP contribution < -0.4 is 5.73 Å². The zero-order chi connectivity index (χ0) is 12.3. The van der Waals surface area contributed by atoms with Gasteiger partial charge in [-0.2, -0.15) is 0 Å². The molecule has 0 amide bonds. The molecule has 0 aliphatic rings. The van der Waals surface area contributed by atoms with Crippen molar-refractivity contribution in [1.29, 1.82) is 0 Å². The predicted octanol–water partition coefficient (Wildman–Crippen LogP) is 2.25. The van der Waals surface area contributed by atoms with Gasteiger partial charge < -0.3 is 15.3 Å². The van der Waals surface area contributed by atoms with Gasteiger partial charge in [0.2, 0.25) is 0 Å². The molecule has 0 spiro atoms. The lowest BCUT2D eigenvalue weighted by atomic mass is 10.2. The summed E-state index contributed by atoms with van der Waals surface area (Å²) in [5.41, 5.74) is 5.99. The fourth-order valence-electron chi connectivity index (χ4n) is 1.29. The molecule has 0 unspecified atom stereocenters. The maximum Gasteiger partial charge on any atom is 0.337 e. The van der Waals surface area contributed by atoms with Crippen LogP contribution in [-0.2, 0) is 5.75 Å². The highest BCUT2D eigenvalue weighted by molar-refractivity contribution is 7.98. The minimum Gasteiger partial charge on any atom is -0.478 e. The van der Waals surface area contributed by atoms with E-state index in [0.717, 1.165) is 5.76 Å². The molecule has 3 N–H and O–H groups in total. The smallest absolute Gasteiger partial charge is 0.337 e. The van der Waals surface area contributed by atoms with Gasteiger partial charge in [-0.05, 0) is 18.2 Å². The second-order valence-corrected chi connectivity index (χ2v) is 4.21. The molecule has 0 aliphatic heterocycles. The lowest BCUT2D eigenvalue weighted by Crippen LogP contribution is -2.04. The summed E-state index contributed by atoms with van der Waals surface area (Å²) in [6, 6.07) is 5.01. The maximum absolute atomic E-state index is 10.9. The highest BCUT2D eigenvalue weighted by Crippen LogP contribution is 2.28. The normalized spacial score (nSPS) is 10.4. The van der Waals surface area contributed by atoms with Crippen molar-refractivity contribution in [1.82, 2.24) is 4.98 Å². The van der Waals surface area contributed by atoms with Gasteiger partial charge in [0.15, 0.2) is 0 Å². The van der Waals surface area contributed by atoms with E-state index in [-0.39, 0.29) is 11.3 Å². The Labute approximate surface area is 102 Å². The van der Waals surface area contributed by atoms with E-state index < -0.39 is 5.97 Å². The number of hydrogen-bond acceptors (Lipinski definition) is 5. The Morgan fingerprint density at radius 2 is 2.35 bits per heavy atom. The van der Waals surface area contributed by atoms with E-state index in [9.17, 15) is 4.79 Å². The van der Waals surface area contributed by atoms with Crippen molar-refractivity contribution in [3.63, 3.8) is 0 Å². The SMILES string of the molecule is Nc1c(C(=O)O)ccnc1SCc1ccco1. The van der Waals surface area contributed by atoms with Gasteiger partial charge in [-0.15, -0.1) is 0 Å². The topological polar surface area (TPSA) is 89.4 Å². The molecule has 0 aromatic carbocycles. The van der Waals surface area contributed by atoms with Gasteiger partial charge in [0, 0.05) is 6.20 Å². The Morgan fingerprint density at radius 3 is 3.00 bits per heavy atom. The number of nitrogens with zero attached hydrogens (tertiary/aromatic N) is 1. The molecule has 2 heterocycles. The molecule has 6 heteroatoms. The quantitative estimate of drug-likeness (QED) is 0.809. The molecule has 2 aromatic heterocycles. The molecule has 0 saturated heterocycles. The number of carboxylic acids is 1. The van der Waals surface area contributed by atoms with E-state index in [1.165, 1.54) is 24.0 Å². The number of rotatable bonds is 4. The molecular weight excluding hydrogens is 240 g/mol. The summed E-state index contributed by atoms with van der Waals surface area (Å²) in [6.07, 6.45) is 3.02. The number of hydrogen-bond donors (Lipinski definition) is 2. The summed E-state index contributed by atoms with van der Waals surface area (Å²) in [5, 5.41) is 9.41. The molecule has 0 saturated carbocycles. The maximum atomic E-state index is 10.9. The third kappa shape index (κ3) is 2.59. The number of nitrogens with two attached hydrogens (primary N) is 1. The first kappa shape index (κ1) is 11.5. The number of aromatic nitrogens is 1. The van der Waals surface area contributed by atoms with Crippen molar-refractivity contribution in [3.05, 3.63) is 42.0 Å². The highest BCUT2D eigenvalue weighted by Gasteiger charge is 2.12. The predicted molar refractivity (Wildman–Crippen MR) is 63.9 cm³/mol. The average molecular weight is 250 g/mol. The van der Waals surface area contributed by atoms with Gasteiger partial charge in [0.25, 0.3) is 0 Å². The van der Waals surface area contributed by atoms with Gasteiger partial charge in [-0.3, -0.25) is 0 Å². The molecule has 0 radical (unpaired) electrons. The summed E-state index contributed by atoms with van der Waals surface area (Å²) in [4.78, 5) is 14.9. The fraction of sp³-hybridized carbons (Fsp3) is 0.0909. The molecule has 88 valence electrons. The number of carboxylic acid groups (broad SMARTS) is 1. The Morgan fingerprint density at radius 1 is 1.53 bits per heavy atom. The molecule has 0 bridgehead atoms. The van der Waals surface area contributed by atoms with Gasteiger partial charge in [-0.1, -0.05) is 11.8 Å². The van der Waals surface area contributed by atoms with Crippen LogP contribution in [0.2, 0.25) is 0 Å². The van der Waals surface area contributed by atoms with Gasteiger partial charge in [0.05, 0.1) is 23.3 Å². The number of carbonyl (C=O) groups is 1. The van der Waals surface area contributed by atoms with Crippen LogP contribution in [-0.4, -0.2) is 16.1 Å². The molecular formula is C11H10N2O3S. The minimum absolute atomic E-state index is 0.0712. The zero-order valence-corrected chi connectivity index (χ0v) is 9.61. The fourth-order valence-corrected chi connectivity index (χ4v) is 2.13. The first-order valence-electron chi connectivity index (χ1n) is 4.81. The van der Waals surface area contributed by atoms with Crippen LogP contribution in [0.4, 0.5) is 5.69 Å². The van der Waals surface area contributed by atoms with E-state index >= 15 is 0 Å². The molecule has 0 atom stereocenters. The van der Waals surface area contributed by atoms with E-state index in [0.29, 0.717) is 10.8 Å². The van der Waals surface area contributed by atoms with Gasteiger partial charge in [0.1, 0.15) is 10.8 Å². The van der Waals surface area contributed by atoms with Crippen molar-refractivity contribution in [2.75, 3.05) is 5.73 Å². The Kier molecular flexibility index (Phi) is 3.34. The second kappa shape index (κ2) is 4.92. The molecule has 0 aliphatic carbocycles. The van der Waals surface area contributed by atoms with Gasteiger partial charge in [-0.25, -0.2) is 9.78 Å². The van der Waals surface area contributed by atoms with Crippen molar-refractivity contribution in [3.8, 4) is 0 Å². The van der Waals surface area contributed by atoms with Crippen LogP contribution in [0.3, 0.4) is 0 Å². The van der Waals surface area contributed by atoms with Crippen LogP contribution in [0.25, 0.3) is 0 Å². The van der Waals surface area contributed by atoms with Crippen LogP contribution >= 0.6 is 11.8 Å². The third-order valence-electron chi connectivity index (χ3n) is 2.12. The number of pyridine rings is 1. The standard InChI is InChI=1S/C11H10N2O3S/c12-9-8(11(14)15)3-4-13-10(9)17-6-7-2-1-5-16-7/h1-5H,6,12H2,(H,14,15). The third-order valence-corrected chi connectivity index (χ3v) is 3.14. The van der Waals surface area contributed by atoms with Crippen molar-refractivity contribution in [2.45, 2.75) is 10.8 Å². The van der Waals surface area contributed by atoms with E-state index in [1.807, 2.05) is 6.07 Å². The van der Waals surface area contributed by atoms with Crippen LogP contribution in [0, 0.1) is 0 Å². The summed E-state index contributed by atoms with van der Waals surface area (Å²) >= 11 is 1.34. The van der Waals surface area contributed by atoms with Crippen LogP contribution in [0.5, 0.6) is 0 Å². The Balaban J connectivity index is 2.16. The number of aromatic carboxylic acids is 1. The highest BCUT2D eigenvalue weighted by atomic mass is 32.2. The van der Waals surface area contributed by atoms with E-state index in [2.05, 4.69) is 4.98 Å². The second-order valence-electron chi connectivity index (χ2n) is 3.25. The number of anilines is 1. The monoisotopic (exact) mass is 250 g/mol. The first-order valence-corrected chi connectivity index (χ1v) is 5.80.